The molecular weight excluding hydrogens is 231 g/mol. The highest BCUT2D eigenvalue weighted by molar-refractivity contribution is 5.56. The molecule has 1 atom stereocenters. The Labute approximate surface area is 108 Å². The van der Waals surface area contributed by atoms with Gasteiger partial charge in [0.05, 0.1) is 18.3 Å². The summed E-state index contributed by atoms with van der Waals surface area (Å²) in [6.07, 6.45) is 3.10. The number of nitrogens with zero attached hydrogens (tertiary/aromatic N) is 1. The predicted molar refractivity (Wildman–Crippen MR) is 71.2 cm³/mol. The zero-order valence-electron chi connectivity index (χ0n) is 10.8. The van der Waals surface area contributed by atoms with E-state index in [1.54, 1.807) is 6.07 Å². The van der Waals surface area contributed by atoms with Gasteiger partial charge < -0.3 is 15.3 Å². The van der Waals surface area contributed by atoms with E-state index < -0.39 is 0 Å². The minimum Gasteiger partial charge on any atom is -0.394 e. The Morgan fingerprint density at radius 2 is 2.28 bits per heavy atom. The van der Waals surface area contributed by atoms with E-state index in [1.165, 1.54) is 6.07 Å². The van der Waals surface area contributed by atoms with Crippen molar-refractivity contribution in [3.8, 4) is 0 Å². The number of para-hydroxylation sites is 1. The van der Waals surface area contributed by atoms with E-state index in [0.717, 1.165) is 31.4 Å². The van der Waals surface area contributed by atoms with Crippen molar-refractivity contribution in [3.63, 3.8) is 0 Å². The van der Waals surface area contributed by atoms with Crippen molar-refractivity contribution in [1.29, 1.82) is 0 Å². The lowest BCUT2D eigenvalue weighted by molar-refractivity contribution is 0.239. The van der Waals surface area contributed by atoms with Crippen molar-refractivity contribution in [1.82, 2.24) is 5.32 Å². The molecule has 100 valence electrons. The molecule has 1 aromatic carbocycles. The third-order valence-corrected chi connectivity index (χ3v) is 3.56. The molecule has 18 heavy (non-hydrogen) atoms. The molecule has 0 bridgehead atoms. The second-order valence-corrected chi connectivity index (χ2v) is 4.80. The van der Waals surface area contributed by atoms with Gasteiger partial charge in [0.15, 0.2) is 0 Å². The first kappa shape index (κ1) is 13.3. The summed E-state index contributed by atoms with van der Waals surface area (Å²) in [5, 5.41) is 12.5. The largest absolute Gasteiger partial charge is 0.394 e. The number of hydrogen-bond acceptors (Lipinski definition) is 3. The van der Waals surface area contributed by atoms with E-state index in [-0.39, 0.29) is 18.5 Å². The average molecular weight is 252 g/mol. The maximum Gasteiger partial charge on any atom is 0.146 e. The van der Waals surface area contributed by atoms with E-state index in [9.17, 15) is 9.50 Å². The minimum absolute atomic E-state index is 0.0475. The van der Waals surface area contributed by atoms with Crippen LogP contribution in [0.3, 0.4) is 0 Å². The molecular formula is C14H21FN2O. The Kier molecular flexibility index (Phi) is 4.55. The summed E-state index contributed by atoms with van der Waals surface area (Å²) in [5.41, 5.74) is 1.61. The molecule has 0 aliphatic carbocycles. The van der Waals surface area contributed by atoms with Crippen LogP contribution in [0.1, 0.15) is 24.8 Å². The van der Waals surface area contributed by atoms with Gasteiger partial charge >= 0.3 is 0 Å². The molecule has 4 heteroatoms. The van der Waals surface area contributed by atoms with Crippen LogP contribution in [-0.4, -0.2) is 31.3 Å². The minimum atomic E-state index is -0.192. The van der Waals surface area contributed by atoms with Gasteiger partial charge in [0.1, 0.15) is 5.82 Å². The molecule has 0 radical (unpaired) electrons. The third kappa shape index (κ3) is 2.65. The van der Waals surface area contributed by atoms with Crippen molar-refractivity contribution < 1.29 is 9.50 Å². The highest BCUT2D eigenvalue weighted by Crippen LogP contribution is 2.30. The van der Waals surface area contributed by atoms with Crippen molar-refractivity contribution >= 4 is 5.69 Å². The zero-order valence-corrected chi connectivity index (χ0v) is 10.8. The summed E-state index contributed by atoms with van der Waals surface area (Å²) in [6, 6.07) is 5.23. The maximum absolute atomic E-state index is 14.1. The third-order valence-electron chi connectivity index (χ3n) is 3.56. The molecule has 1 unspecified atom stereocenters. The zero-order chi connectivity index (χ0) is 13.0. The van der Waals surface area contributed by atoms with E-state index >= 15 is 0 Å². The fourth-order valence-electron chi connectivity index (χ4n) is 2.70. The molecule has 1 aliphatic rings. The standard InChI is InChI=1S/C14H21FN2O/c1-16-9-11-5-4-7-13(15)14(11)17-8-3-2-6-12(17)10-18/h4-5,7,12,16,18H,2-3,6,8-10H2,1H3. The number of rotatable bonds is 4. The SMILES string of the molecule is CNCc1cccc(F)c1N1CCCCC1CO. The summed E-state index contributed by atoms with van der Waals surface area (Å²) in [4.78, 5) is 2.03. The van der Waals surface area contributed by atoms with E-state index in [2.05, 4.69) is 5.32 Å². The Morgan fingerprint density at radius 3 is 3.00 bits per heavy atom. The topological polar surface area (TPSA) is 35.5 Å². The molecule has 1 aromatic rings. The van der Waals surface area contributed by atoms with Gasteiger partial charge in [-0.3, -0.25) is 0 Å². The quantitative estimate of drug-likeness (QED) is 0.859. The first-order valence-electron chi connectivity index (χ1n) is 6.57. The number of benzene rings is 1. The Hall–Kier alpha value is -1.13. The highest BCUT2D eigenvalue weighted by atomic mass is 19.1. The molecule has 2 N–H and O–H groups in total. The van der Waals surface area contributed by atoms with Crippen molar-refractivity contribution in [2.24, 2.45) is 0 Å². The molecule has 2 rings (SSSR count). The second kappa shape index (κ2) is 6.16. The normalized spacial score (nSPS) is 20.2. The van der Waals surface area contributed by atoms with Crippen LogP contribution in [0.15, 0.2) is 18.2 Å². The molecule has 0 aromatic heterocycles. The first-order valence-corrected chi connectivity index (χ1v) is 6.57. The van der Waals surface area contributed by atoms with Gasteiger partial charge in [-0.15, -0.1) is 0 Å². The lowest BCUT2D eigenvalue weighted by Crippen LogP contribution is -2.43. The van der Waals surface area contributed by atoms with Gasteiger partial charge in [0, 0.05) is 13.1 Å². The molecule has 0 amide bonds. The number of halogens is 1. The van der Waals surface area contributed by atoms with Gasteiger partial charge in [0.25, 0.3) is 0 Å². The number of piperidine rings is 1. The first-order chi connectivity index (χ1) is 8.77. The Morgan fingerprint density at radius 1 is 1.44 bits per heavy atom. The van der Waals surface area contributed by atoms with Crippen LogP contribution < -0.4 is 10.2 Å². The summed E-state index contributed by atoms with van der Waals surface area (Å²) in [6.45, 7) is 1.55. The van der Waals surface area contributed by atoms with Crippen molar-refractivity contribution in [2.75, 3.05) is 25.1 Å². The number of anilines is 1. The van der Waals surface area contributed by atoms with E-state index in [4.69, 9.17) is 0 Å². The fourth-order valence-corrected chi connectivity index (χ4v) is 2.70. The lowest BCUT2D eigenvalue weighted by atomic mass is 10.00. The Bertz CT molecular complexity index is 397. The number of aliphatic hydroxyl groups excluding tert-OH is 1. The van der Waals surface area contributed by atoms with Crippen LogP contribution in [0.25, 0.3) is 0 Å². The number of hydrogen-bond donors (Lipinski definition) is 2. The molecule has 1 fully saturated rings. The summed E-state index contributed by atoms with van der Waals surface area (Å²) < 4.78 is 14.1. The maximum atomic E-state index is 14.1. The molecule has 1 aliphatic heterocycles. The highest BCUT2D eigenvalue weighted by Gasteiger charge is 2.25. The van der Waals surface area contributed by atoms with Crippen LogP contribution >= 0.6 is 0 Å². The summed E-state index contributed by atoms with van der Waals surface area (Å²) in [7, 11) is 1.86. The molecule has 0 spiro atoms. The molecule has 3 nitrogen and oxygen atoms in total. The van der Waals surface area contributed by atoms with Crippen molar-refractivity contribution in [2.45, 2.75) is 31.8 Å². The smallest absolute Gasteiger partial charge is 0.146 e. The van der Waals surface area contributed by atoms with Gasteiger partial charge in [-0.2, -0.15) is 0 Å². The van der Waals surface area contributed by atoms with E-state index in [1.807, 2.05) is 18.0 Å². The molecule has 0 saturated carbocycles. The number of aliphatic hydroxyl groups is 1. The summed E-state index contributed by atoms with van der Waals surface area (Å²) in [5.74, 6) is -0.192. The number of nitrogens with one attached hydrogen (secondary N) is 1. The average Bonchev–Trinajstić information content (AvgIpc) is 2.39. The van der Waals surface area contributed by atoms with Crippen LogP contribution in [0, 0.1) is 5.82 Å². The van der Waals surface area contributed by atoms with Gasteiger partial charge in [-0.25, -0.2) is 4.39 Å². The second-order valence-electron chi connectivity index (χ2n) is 4.80. The predicted octanol–water partition coefficient (Wildman–Crippen LogP) is 1.90. The fraction of sp³-hybridized carbons (Fsp3) is 0.571. The van der Waals surface area contributed by atoms with Crippen LogP contribution in [0.5, 0.6) is 0 Å². The van der Waals surface area contributed by atoms with Crippen molar-refractivity contribution in [3.05, 3.63) is 29.6 Å². The van der Waals surface area contributed by atoms with Gasteiger partial charge in [-0.1, -0.05) is 12.1 Å². The lowest BCUT2D eigenvalue weighted by Gasteiger charge is -2.37. The van der Waals surface area contributed by atoms with Crippen LogP contribution in [0.2, 0.25) is 0 Å². The molecule has 1 heterocycles. The van der Waals surface area contributed by atoms with E-state index in [0.29, 0.717) is 12.2 Å². The van der Waals surface area contributed by atoms with Crippen LogP contribution in [0.4, 0.5) is 10.1 Å². The molecule has 1 saturated heterocycles. The van der Waals surface area contributed by atoms with Gasteiger partial charge in [-0.05, 0) is 37.9 Å². The Balaban J connectivity index is 2.35. The monoisotopic (exact) mass is 252 g/mol. The summed E-state index contributed by atoms with van der Waals surface area (Å²) >= 11 is 0. The van der Waals surface area contributed by atoms with Gasteiger partial charge in [0.2, 0.25) is 0 Å². The van der Waals surface area contributed by atoms with Crippen LogP contribution in [-0.2, 0) is 6.54 Å².